The topological polar surface area (TPSA) is 65.7 Å². The normalized spacial score (nSPS) is 14.4. The first-order valence-electron chi connectivity index (χ1n) is 10.4. The minimum Gasteiger partial charge on any atom is -0.359 e. The first-order valence-corrected chi connectivity index (χ1v) is 10.4. The van der Waals surface area contributed by atoms with E-state index in [-0.39, 0.29) is 24.0 Å². The van der Waals surface area contributed by atoms with Gasteiger partial charge >= 0.3 is 0 Å². The van der Waals surface area contributed by atoms with Crippen molar-refractivity contribution in [2.75, 3.05) is 26.2 Å². The van der Waals surface area contributed by atoms with Gasteiger partial charge < -0.3 is 15.2 Å². The van der Waals surface area contributed by atoms with Gasteiger partial charge in [-0.05, 0) is 36.8 Å². The second-order valence-corrected chi connectivity index (χ2v) is 7.64. The Balaban J connectivity index is 0.00000300. The van der Waals surface area contributed by atoms with E-state index in [0.717, 1.165) is 63.0 Å². The van der Waals surface area contributed by atoms with Gasteiger partial charge in [0.1, 0.15) is 6.54 Å². The molecule has 0 atom stereocenters. The summed E-state index contributed by atoms with van der Waals surface area (Å²) in [7, 11) is 0. The maximum absolute atomic E-state index is 5.37. The van der Waals surface area contributed by atoms with Gasteiger partial charge in [0.15, 0.2) is 11.7 Å². The van der Waals surface area contributed by atoms with Crippen LogP contribution in [0, 0.1) is 0 Å². The van der Waals surface area contributed by atoms with E-state index >= 15 is 0 Å². The number of hydrogen-bond donors (Lipinski definition) is 2. The number of rotatable bonds is 8. The Bertz CT molecular complexity index is 774. The van der Waals surface area contributed by atoms with Gasteiger partial charge in [-0.3, -0.25) is 4.90 Å². The largest absolute Gasteiger partial charge is 0.359 e. The van der Waals surface area contributed by atoms with Crippen molar-refractivity contribution in [3.63, 3.8) is 0 Å². The van der Waals surface area contributed by atoms with Crippen molar-refractivity contribution >= 4 is 29.9 Å². The third-order valence-corrected chi connectivity index (χ3v) is 5.06. The Hall–Kier alpha value is -1.61. The maximum atomic E-state index is 5.37. The molecule has 0 fully saturated rings. The van der Waals surface area contributed by atoms with E-state index in [4.69, 9.17) is 4.52 Å². The van der Waals surface area contributed by atoms with Crippen molar-refractivity contribution in [1.82, 2.24) is 20.7 Å². The highest BCUT2D eigenvalue weighted by atomic mass is 127. The number of fused-ring (bicyclic) bond motifs is 1. The van der Waals surface area contributed by atoms with Gasteiger partial charge in [0, 0.05) is 38.8 Å². The van der Waals surface area contributed by atoms with Crippen LogP contribution in [0.15, 0.2) is 39.8 Å². The molecule has 0 spiro atoms. The fourth-order valence-corrected chi connectivity index (χ4v) is 3.43. The van der Waals surface area contributed by atoms with Crippen LogP contribution in [-0.2, 0) is 19.5 Å². The molecule has 3 rings (SSSR count). The molecule has 0 bridgehead atoms. The molecular weight excluding hydrogens is 477 g/mol. The Morgan fingerprint density at radius 1 is 1.24 bits per heavy atom. The van der Waals surface area contributed by atoms with Crippen molar-refractivity contribution in [1.29, 1.82) is 0 Å². The summed E-state index contributed by atoms with van der Waals surface area (Å²) in [6, 6.07) is 10.8. The van der Waals surface area contributed by atoms with Crippen LogP contribution < -0.4 is 10.6 Å². The first-order chi connectivity index (χ1) is 13.7. The summed E-state index contributed by atoms with van der Waals surface area (Å²) in [6.45, 7) is 11.8. The smallest absolute Gasteiger partial charge is 0.191 e. The SMILES string of the molecule is CCNC(=NCc1cc(C(C)C)no1)NCCCN1CCc2ccccc2C1.I. The number of halogens is 1. The van der Waals surface area contributed by atoms with Gasteiger partial charge in [-0.25, -0.2) is 4.99 Å². The average Bonchev–Trinajstić information content (AvgIpc) is 3.18. The number of guanidine groups is 1. The van der Waals surface area contributed by atoms with E-state index in [1.807, 2.05) is 6.07 Å². The first kappa shape index (κ1) is 23.7. The van der Waals surface area contributed by atoms with Crippen molar-refractivity contribution in [2.24, 2.45) is 4.99 Å². The Morgan fingerprint density at radius 3 is 2.76 bits per heavy atom. The highest BCUT2D eigenvalue weighted by molar-refractivity contribution is 14.0. The standard InChI is InChI=1S/C22H33N5O.HI/c1-4-23-22(25-15-20-14-21(17(2)3)26-28-20)24-11-7-12-27-13-10-18-8-5-6-9-19(18)16-27;/h5-6,8-9,14,17H,4,7,10-13,15-16H2,1-3H3,(H2,23,24,25);1H. The van der Waals surface area contributed by atoms with Gasteiger partial charge in [-0.15, -0.1) is 24.0 Å². The molecule has 1 aliphatic heterocycles. The number of nitrogens with one attached hydrogen (secondary N) is 2. The second-order valence-electron chi connectivity index (χ2n) is 7.64. The molecule has 160 valence electrons. The lowest BCUT2D eigenvalue weighted by Crippen LogP contribution is -2.39. The van der Waals surface area contributed by atoms with E-state index in [9.17, 15) is 0 Å². The van der Waals surface area contributed by atoms with Crippen LogP contribution in [0.25, 0.3) is 0 Å². The molecular formula is C22H34IN5O. The zero-order chi connectivity index (χ0) is 19.8. The summed E-state index contributed by atoms with van der Waals surface area (Å²) in [5.41, 5.74) is 3.96. The van der Waals surface area contributed by atoms with Crippen LogP contribution in [0.3, 0.4) is 0 Å². The van der Waals surface area contributed by atoms with Crippen LogP contribution in [-0.4, -0.2) is 42.2 Å². The monoisotopic (exact) mass is 511 g/mol. The molecule has 1 aromatic carbocycles. The van der Waals surface area contributed by atoms with E-state index in [2.05, 4.69) is 70.7 Å². The predicted molar refractivity (Wildman–Crippen MR) is 129 cm³/mol. The maximum Gasteiger partial charge on any atom is 0.191 e. The molecule has 0 unspecified atom stereocenters. The van der Waals surface area contributed by atoms with Gasteiger partial charge in [-0.1, -0.05) is 43.3 Å². The second kappa shape index (κ2) is 12.2. The van der Waals surface area contributed by atoms with Gasteiger partial charge in [-0.2, -0.15) is 0 Å². The van der Waals surface area contributed by atoms with Crippen LogP contribution >= 0.6 is 24.0 Å². The number of hydrogen-bond acceptors (Lipinski definition) is 4. The molecule has 2 aromatic rings. The average molecular weight is 511 g/mol. The Morgan fingerprint density at radius 2 is 2.03 bits per heavy atom. The number of aromatic nitrogens is 1. The van der Waals surface area contributed by atoms with E-state index in [1.165, 1.54) is 11.1 Å². The predicted octanol–water partition coefficient (Wildman–Crippen LogP) is 3.92. The van der Waals surface area contributed by atoms with Gasteiger partial charge in [0.05, 0.1) is 5.69 Å². The minimum atomic E-state index is 0. The molecule has 0 radical (unpaired) electrons. The van der Waals surface area contributed by atoms with E-state index in [0.29, 0.717) is 12.5 Å². The van der Waals surface area contributed by atoms with Crippen LogP contribution in [0.2, 0.25) is 0 Å². The third kappa shape index (κ3) is 7.29. The zero-order valence-corrected chi connectivity index (χ0v) is 20.1. The summed E-state index contributed by atoms with van der Waals surface area (Å²) in [6.07, 6.45) is 2.25. The van der Waals surface area contributed by atoms with Gasteiger partial charge in [0.25, 0.3) is 0 Å². The highest BCUT2D eigenvalue weighted by Gasteiger charge is 2.15. The van der Waals surface area contributed by atoms with Crippen molar-refractivity contribution < 1.29 is 4.52 Å². The van der Waals surface area contributed by atoms with Crippen LogP contribution in [0.4, 0.5) is 0 Å². The summed E-state index contributed by atoms with van der Waals surface area (Å²) < 4.78 is 5.37. The Kier molecular flexibility index (Phi) is 9.93. The van der Waals surface area contributed by atoms with Crippen LogP contribution in [0.1, 0.15) is 55.7 Å². The van der Waals surface area contributed by atoms with E-state index in [1.54, 1.807) is 0 Å². The molecule has 0 aliphatic carbocycles. The molecule has 1 aromatic heterocycles. The summed E-state index contributed by atoms with van der Waals surface area (Å²) in [4.78, 5) is 7.16. The molecule has 0 amide bonds. The quantitative estimate of drug-likeness (QED) is 0.244. The fraction of sp³-hybridized carbons (Fsp3) is 0.545. The lowest BCUT2D eigenvalue weighted by Gasteiger charge is -2.28. The zero-order valence-electron chi connectivity index (χ0n) is 17.8. The number of benzene rings is 1. The fourth-order valence-electron chi connectivity index (χ4n) is 3.43. The van der Waals surface area contributed by atoms with Crippen molar-refractivity contribution in [3.8, 4) is 0 Å². The van der Waals surface area contributed by atoms with Crippen LogP contribution in [0.5, 0.6) is 0 Å². The molecule has 29 heavy (non-hydrogen) atoms. The molecule has 7 heteroatoms. The van der Waals surface area contributed by atoms with Crippen molar-refractivity contribution in [2.45, 2.75) is 52.6 Å². The van der Waals surface area contributed by atoms with E-state index < -0.39 is 0 Å². The molecule has 0 saturated heterocycles. The summed E-state index contributed by atoms with van der Waals surface area (Å²) in [5, 5.41) is 10.8. The lowest BCUT2D eigenvalue weighted by atomic mass is 10.00. The third-order valence-electron chi connectivity index (χ3n) is 5.06. The van der Waals surface area contributed by atoms with Gasteiger partial charge in [0.2, 0.25) is 0 Å². The summed E-state index contributed by atoms with van der Waals surface area (Å²) >= 11 is 0. The highest BCUT2D eigenvalue weighted by Crippen LogP contribution is 2.18. The van der Waals surface area contributed by atoms with Crippen molar-refractivity contribution in [3.05, 3.63) is 52.9 Å². The lowest BCUT2D eigenvalue weighted by molar-refractivity contribution is 0.251. The molecule has 1 aliphatic rings. The molecule has 6 nitrogen and oxygen atoms in total. The minimum absolute atomic E-state index is 0. The molecule has 0 saturated carbocycles. The molecule has 2 heterocycles. The Labute approximate surface area is 191 Å². The molecule has 2 N–H and O–H groups in total. The summed E-state index contributed by atoms with van der Waals surface area (Å²) in [5.74, 6) is 2.00. The number of nitrogens with zero attached hydrogens (tertiary/aromatic N) is 3. The number of aliphatic imine (C=N–C) groups is 1.